The SMILES string of the molecule is CC(=O)N(C)C(C)CC(C)C. The fraction of sp³-hybridized carbons (Fsp3) is 0.889. The minimum absolute atomic E-state index is 0.151. The van der Waals surface area contributed by atoms with E-state index in [0.29, 0.717) is 12.0 Å². The third-order valence-electron chi connectivity index (χ3n) is 1.97. The van der Waals surface area contributed by atoms with Gasteiger partial charge in [0.25, 0.3) is 0 Å². The molecular weight excluding hydrogens is 138 g/mol. The highest BCUT2D eigenvalue weighted by Crippen LogP contribution is 2.08. The Balaban J connectivity index is 3.82. The first-order chi connectivity index (χ1) is 4.95. The van der Waals surface area contributed by atoms with Gasteiger partial charge < -0.3 is 4.90 Å². The van der Waals surface area contributed by atoms with Crippen molar-refractivity contribution in [2.24, 2.45) is 5.92 Å². The summed E-state index contributed by atoms with van der Waals surface area (Å²) in [7, 11) is 1.86. The van der Waals surface area contributed by atoms with Crippen molar-refractivity contribution in [2.75, 3.05) is 7.05 Å². The summed E-state index contributed by atoms with van der Waals surface area (Å²) in [6.07, 6.45) is 1.08. The molecule has 11 heavy (non-hydrogen) atoms. The lowest BCUT2D eigenvalue weighted by molar-refractivity contribution is -0.129. The molecule has 1 amide bonds. The third kappa shape index (κ3) is 4.02. The Bertz CT molecular complexity index is 132. The zero-order valence-corrected chi connectivity index (χ0v) is 8.22. The van der Waals surface area contributed by atoms with E-state index in [9.17, 15) is 4.79 Å². The molecule has 0 radical (unpaired) electrons. The summed E-state index contributed by atoms with van der Waals surface area (Å²) in [6, 6.07) is 0.368. The molecule has 0 aromatic carbocycles. The predicted molar refractivity (Wildman–Crippen MR) is 47.4 cm³/mol. The minimum atomic E-state index is 0.151. The molecule has 66 valence electrons. The molecule has 0 bridgehead atoms. The van der Waals surface area contributed by atoms with Gasteiger partial charge in [-0.1, -0.05) is 13.8 Å². The van der Waals surface area contributed by atoms with Crippen LogP contribution in [0.5, 0.6) is 0 Å². The summed E-state index contributed by atoms with van der Waals surface area (Å²) < 4.78 is 0. The van der Waals surface area contributed by atoms with Crippen LogP contribution < -0.4 is 0 Å². The molecule has 0 aliphatic heterocycles. The zero-order valence-electron chi connectivity index (χ0n) is 8.22. The lowest BCUT2D eigenvalue weighted by atomic mass is 10.0. The van der Waals surface area contributed by atoms with E-state index >= 15 is 0 Å². The van der Waals surface area contributed by atoms with Gasteiger partial charge >= 0.3 is 0 Å². The number of hydrogen-bond acceptors (Lipinski definition) is 1. The molecule has 0 heterocycles. The minimum Gasteiger partial charge on any atom is -0.343 e. The standard InChI is InChI=1S/C9H19NO/c1-7(2)6-8(3)10(5)9(4)11/h7-8H,6H2,1-5H3. The number of nitrogens with zero attached hydrogens (tertiary/aromatic N) is 1. The number of amides is 1. The van der Waals surface area contributed by atoms with Crippen LogP contribution in [-0.2, 0) is 4.79 Å². The number of rotatable bonds is 3. The maximum atomic E-state index is 10.9. The van der Waals surface area contributed by atoms with E-state index < -0.39 is 0 Å². The van der Waals surface area contributed by atoms with Crippen molar-refractivity contribution in [3.05, 3.63) is 0 Å². The average molecular weight is 157 g/mol. The van der Waals surface area contributed by atoms with Crippen LogP contribution in [-0.4, -0.2) is 23.9 Å². The van der Waals surface area contributed by atoms with Gasteiger partial charge in [-0.25, -0.2) is 0 Å². The van der Waals surface area contributed by atoms with Crippen LogP contribution in [0.3, 0.4) is 0 Å². The second-order valence-electron chi connectivity index (χ2n) is 3.61. The molecule has 0 aliphatic carbocycles. The average Bonchev–Trinajstić information content (AvgIpc) is 1.84. The Labute approximate surface area is 69.6 Å². The molecule has 2 heteroatoms. The van der Waals surface area contributed by atoms with Gasteiger partial charge in [0.05, 0.1) is 0 Å². The van der Waals surface area contributed by atoms with Crippen molar-refractivity contribution in [1.82, 2.24) is 4.90 Å². The van der Waals surface area contributed by atoms with Gasteiger partial charge in [-0.15, -0.1) is 0 Å². The predicted octanol–water partition coefficient (Wildman–Crippen LogP) is 1.90. The summed E-state index contributed by atoms with van der Waals surface area (Å²) in [5.74, 6) is 0.810. The van der Waals surface area contributed by atoms with Gasteiger partial charge in [-0.2, -0.15) is 0 Å². The third-order valence-corrected chi connectivity index (χ3v) is 1.97. The molecule has 1 unspecified atom stereocenters. The monoisotopic (exact) mass is 157 g/mol. The second-order valence-corrected chi connectivity index (χ2v) is 3.61. The van der Waals surface area contributed by atoms with E-state index in [1.165, 1.54) is 0 Å². The summed E-state index contributed by atoms with van der Waals surface area (Å²) in [5, 5.41) is 0. The molecule has 0 aliphatic rings. The van der Waals surface area contributed by atoms with E-state index in [0.717, 1.165) is 6.42 Å². The van der Waals surface area contributed by atoms with Crippen LogP contribution in [0.4, 0.5) is 0 Å². The Morgan fingerprint density at radius 3 is 2.09 bits per heavy atom. The molecule has 0 spiro atoms. The molecule has 0 N–H and O–H groups in total. The van der Waals surface area contributed by atoms with Gasteiger partial charge in [0.1, 0.15) is 0 Å². The first kappa shape index (κ1) is 10.5. The van der Waals surface area contributed by atoms with Gasteiger partial charge in [0.2, 0.25) is 5.91 Å². The Kier molecular flexibility index (Phi) is 4.16. The maximum absolute atomic E-state index is 10.9. The van der Waals surface area contributed by atoms with Crippen molar-refractivity contribution in [3.63, 3.8) is 0 Å². The molecule has 0 fully saturated rings. The van der Waals surface area contributed by atoms with Crippen LogP contribution in [0.25, 0.3) is 0 Å². The molecule has 1 atom stereocenters. The molecule has 0 aromatic rings. The molecule has 0 saturated heterocycles. The van der Waals surface area contributed by atoms with E-state index in [4.69, 9.17) is 0 Å². The number of carbonyl (C=O) groups is 1. The van der Waals surface area contributed by atoms with Gasteiger partial charge in [-0.3, -0.25) is 4.79 Å². The van der Waals surface area contributed by atoms with E-state index in [1.54, 1.807) is 11.8 Å². The fourth-order valence-electron chi connectivity index (χ4n) is 1.15. The van der Waals surface area contributed by atoms with Crippen LogP contribution in [0.1, 0.15) is 34.1 Å². The summed E-state index contributed by atoms with van der Waals surface area (Å²) in [6.45, 7) is 8.03. The summed E-state index contributed by atoms with van der Waals surface area (Å²) in [5.41, 5.74) is 0. The largest absolute Gasteiger partial charge is 0.343 e. The Morgan fingerprint density at radius 2 is 1.82 bits per heavy atom. The van der Waals surface area contributed by atoms with Crippen molar-refractivity contribution in [1.29, 1.82) is 0 Å². The second kappa shape index (κ2) is 4.37. The van der Waals surface area contributed by atoms with Crippen LogP contribution in [0.2, 0.25) is 0 Å². The lowest BCUT2D eigenvalue weighted by Crippen LogP contribution is -2.33. The fourth-order valence-corrected chi connectivity index (χ4v) is 1.15. The topological polar surface area (TPSA) is 20.3 Å². The highest BCUT2D eigenvalue weighted by Gasteiger charge is 2.12. The highest BCUT2D eigenvalue weighted by molar-refractivity contribution is 5.73. The van der Waals surface area contributed by atoms with Crippen LogP contribution in [0, 0.1) is 5.92 Å². The van der Waals surface area contributed by atoms with E-state index in [2.05, 4.69) is 20.8 Å². The lowest BCUT2D eigenvalue weighted by Gasteiger charge is -2.24. The highest BCUT2D eigenvalue weighted by atomic mass is 16.2. The first-order valence-electron chi connectivity index (χ1n) is 4.18. The quantitative estimate of drug-likeness (QED) is 0.612. The first-order valence-corrected chi connectivity index (χ1v) is 4.18. The van der Waals surface area contributed by atoms with Crippen LogP contribution >= 0.6 is 0 Å². The van der Waals surface area contributed by atoms with Gasteiger partial charge in [0, 0.05) is 20.0 Å². The molecule has 2 nitrogen and oxygen atoms in total. The van der Waals surface area contributed by atoms with E-state index in [-0.39, 0.29) is 5.91 Å². The molecule has 0 aromatic heterocycles. The Hall–Kier alpha value is -0.530. The normalized spacial score (nSPS) is 13.3. The zero-order chi connectivity index (χ0) is 9.02. The summed E-state index contributed by atoms with van der Waals surface area (Å²) in [4.78, 5) is 12.7. The molecule has 0 rings (SSSR count). The number of carbonyl (C=O) groups excluding carboxylic acids is 1. The smallest absolute Gasteiger partial charge is 0.219 e. The molecule has 0 saturated carbocycles. The van der Waals surface area contributed by atoms with Gasteiger partial charge in [0.15, 0.2) is 0 Å². The molecular formula is C9H19NO. The maximum Gasteiger partial charge on any atom is 0.219 e. The number of hydrogen-bond donors (Lipinski definition) is 0. The van der Waals surface area contributed by atoms with Crippen molar-refractivity contribution in [2.45, 2.75) is 40.2 Å². The van der Waals surface area contributed by atoms with Crippen LogP contribution in [0.15, 0.2) is 0 Å². The summed E-state index contributed by atoms with van der Waals surface area (Å²) >= 11 is 0. The van der Waals surface area contributed by atoms with Crippen molar-refractivity contribution in [3.8, 4) is 0 Å². The Morgan fingerprint density at radius 1 is 1.36 bits per heavy atom. The van der Waals surface area contributed by atoms with Crippen molar-refractivity contribution >= 4 is 5.91 Å². The van der Waals surface area contributed by atoms with E-state index in [1.807, 2.05) is 7.05 Å². The van der Waals surface area contributed by atoms with Crippen molar-refractivity contribution < 1.29 is 4.79 Å². The van der Waals surface area contributed by atoms with Gasteiger partial charge in [-0.05, 0) is 19.3 Å².